The highest BCUT2D eigenvalue weighted by molar-refractivity contribution is 6.06. The van der Waals surface area contributed by atoms with Crippen molar-refractivity contribution < 1.29 is 9.59 Å². The van der Waals surface area contributed by atoms with Crippen molar-refractivity contribution in [2.45, 2.75) is 39.3 Å². The van der Waals surface area contributed by atoms with Crippen LogP contribution in [-0.2, 0) is 9.59 Å². The fourth-order valence-corrected chi connectivity index (χ4v) is 2.08. The number of hydrogen-bond acceptors (Lipinski definition) is 3. The maximum absolute atomic E-state index is 12.0. The number of hydrogen-bond donors (Lipinski definition) is 1. The Morgan fingerprint density at radius 1 is 1.50 bits per heavy atom. The van der Waals surface area contributed by atoms with E-state index in [0.717, 1.165) is 0 Å². The van der Waals surface area contributed by atoms with Gasteiger partial charge in [0.15, 0.2) is 0 Å². The van der Waals surface area contributed by atoms with Crippen LogP contribution in [0.5, 0.6) is 0 Å². The highest BCUT2D eigenvalue weighted by Crippen LogP contribution is 2.21. The minimum atomic E-state index is -0.434. The first-order chi connectivity index (χ1) is 8.54. The third-order valence-electron chi connectivity index (χ3n) is 3.08. The predicted molar refractivity (Wildman–Crippen MR) is 67.2 cm³/mol. The Morgan fingerprint density at radius 2 is 2.22 bits per heavy atom. The normalized spacial score (nSPS) is 20.4. The number of aromatic nitrogens is 2. The molecule has 6 nitrogen and oxygen atoms in total. The zero-order valence-corrected chi connectivity index (χ0v) is 10.9. The van der Waals surface area contributed by atoms with Crippen LogP contribution in [0.3, 0.4) is 0 Å². The molecule has 1 aliphatic heterocycles. The van der Waals surface area contributed by atoms with Gasteiger partial charge in [0, 0.05) is 12.2 Å². The summed E-state index contributed by atoms with van der Waals surface area (Å²) >= 11 is 0. The van der Waals surface area contributed by atoms with Crippen molar-refractivity contribution in [3.63, 3.8) is 0 Å². The average molecular weight is 250 g/mol. The monoisotopic (exact) mass is 250 g/mol. The largest absolute Gasteiger partial charge is 0.345 e. The van der Waals surface area contributed by atoms with Crippen molar-refractivity contribution in [3.05, 3.63) is 12.4 Å². The standard InChI is InChI=1S/C12H18N4O2/c1-4-10-12(18)13-6-11(17)16(10)9-5-14-15(7-9)8(2)3/h5,7-8,10H,4,6H2,1-3H3,(H,13,18). The van der Waals surface area contributed by atoms with Crippen LogP contribution in [0.1, 0.15) is 33.2 Å². The Labute approximate surface area is 106 Å². The van der Waals surface area contributed by atoms with E-state index < -0.39 is 6.04 Å². The third kappa shape index (κ3) is 2.10. The van der Waals surface area contributed by atoms with Crippen molar-refractivity contribution in [1.29, 1.82) is 0 Å². The molecule has 1 fully saturated rings. The fraction of sp³-hybridized carbons (Fsp3) is 0.583. The highest BCUT2D eigenvalue weighted by atomic mass is 16.2. The van der Waals surface area contributed by atoms with Gasteiger partial charge in [-0.15, -0.1) is 0 Å². The zero-order chi connectivity index (χ0) is 13.3. The zero-order valence-electron chi connectivity index (χ0n) is 10.9. The van der Waals surface area contributed by atoms with E-state index >= 15 is 0 Å². The fourth-order valence-electron chi connectivity index (χ4n) is 2.08. The van der Waals surface area contributed by atoms with Gasteiger partial charge in [0.2, 0.25) is 11.8 Å². The van der Waals surface area contributed by atoms with Crippen LogP contribution >= 0.6 is 0 Å². The Hall–Kier alpha value is -1.85. The van der Waals surface area contributed by atoms with Crippen LogP contribution in [0, 0.1) is 0 Å². The summed E-state index contributed by atoms with van der Waals surface area (Å²) in [6.07, 6.45) is 4.04. The van der Waals surface area contributed by atoms with Crippen LogP contribution in [0.2, 0.25) is 0 Å². The van der Waals surface area contributed by atoms with E-state index in [1.165, 1.54) is 0 Å². The van der Waals surface area contributed by atoms with Gasteiger partial charge >= 0.3 is 0 Å². The molecule has 1 atom stereocenters. The minimum absolute atomic E-state index is 0.0577. The number of carbonyl (C=O) groups excluding carboxylic acids is 2. The topological polar surface area (TPSA) is 67.2 Å². The van der Waals surface area contributed by atoms with Gasteiger partial charge in [-0.3, -0.25) is 19.2 Å². The molecule has 1 aliphatic rings. The molecule has 0 aliphatic carbocycles. The minimum Gasteiger partial charge on any atom is -0.345 e. The lowest BCUT2D eigenvalue weighted by molar-refractivity contribution is -0.131. The molecular formula is C12H18N4O2. The summed E-state index contributed by atoms with van der Waals surface area (Å²) in [4.78, 5) is 25.3. The Kier molecular flexibility index (Phi) is 3.36. The van der Waals surface area contributed by atoms with Gasteiger partial charge in [0.05, 0.1) is 18.4 Å². The van der Waals surface area contributed by atoms with Gasteiger partial charge in [0.1, 0.15) is 6.04 Å². The molecule has 2 rings (SSSR count). The number of piperazine rings is 1. The number of amides is 2. The Bertz CT molecular complexity index is 466. The average Bonchev–Trinajstić information content (AvgIpc) is 2.81. The molecule has 98 valence electrons. The van der Waals surface area contributed by atoms with E-state index in [1.807, 2.05) is 27.0 Å². The molecule has 18 heavy (non-hydrogen) atoms. The van der Waals surface area contributed by atoms with Crippen LogP contribution in [0.15, 0.2) is 12.4 Å². The van der Waals surface area contributed by atoms with Gasteiger partial charge in [-0.2, -0.15) is 5.10 Å². The highest BCUT2D eigenvalue weighted by Gasteiger charge is 2.34. The molecule has 0 saturated carbocycles. The molecule has 0 spiro atoms. The van der Waals surface area contributed by atoms with Crippen LogP contribution in [0.4, 0.5) is 5.69 Å². The molecular weight excluding hydrogens is 232 g/mol. The maximum atomic E-state index is 12.0. The predicted octanol–water partition coefficient (Wildman–Crippen LogP) is 0.705. The van der Waals surface area contributed by atoms with E-state index in [9.17, 15) is 9.59 Å². The molecule has 2 amide bonds. The molecule has 1 aromatic heterocycles. The van der Waals surface area contributed by atoms with E-state index in [2.05, 4.69) is 10.4 Å². The summed E-state index contributed by atoms with van der Waals surface area (Å²) in [6, 6.07) is -0.205. The van der Waals surface area contributed by atoms with E-state index in [-0.39, 0.29) is 24.4 Å². The molecule has 0 radical (unpaired) electrons. The van der Waals surface area contributed by atoms with Gasteiger partial charge in [0.25, 0.3) is 0 Å². The molecule has 1 N–H and O–H groups in total. The first-order valence-electron chi connectivity index (χ1n) is 6.18. The van der Waals surface area contributed by atoms with Gasteiger partial charge in [-0.1, -0.05) is 6.92 Å². The second-order valence-electron chi connectivity index (χ2n) is 4.68. The number of rotatable bonds is 3. The van der Waals surface area contributed by atoms with Gasteiger partial charge < -0.3 is 5.32 Å². The van der Waals surface area contributed by atoms with E-state index in [1.54, 1.807) is 15.8 Å². The lowest BCUT2D eigenvalue weighted by Gasteiger charge is -2.33. The second-order valence-corrected chi connectivity index (χ2v) is 4.68. The van der Waals surface area contributed by atoms with Crippen molar-refractivity contribution in [3.8, 4) is 0 Å². The van der Waals surface area contributed by atoms with E-state index in [4.69, 9.17) is 0 Å². The lowest BCUT2D eigenvalue weighted by Crippen LogP contribution is -2.58. The third-order valence-corrected chi connectivity index (χ3v) is 3.08. The van der Waals surface area contributed by atoms with Crippen molar-refractivity contribution in [2.24, 2.45) is 0 Å². The van der Waals surface area contributed by atoms with E-state index in [0.29, 0.717) is 12.1 Å². The van der Waals surface area contributed by atoms with Gasteiger partial charge in [-0.05, 0) is 20.3 Å². The number of nitrogens with zero attached hydrogens (tertiary/aromatic N) is 3. The summed E-state index contributed by atoms with van der Waals surface area (Å²) in [5.41, 5.74) is 0.690. The SMILES string of the molecule is CCC1C(=O)NCC(=O)N1c1cnn(C(C)C)c1. The molecule has 1 unspecified atom stereocenters. The Balaban J connectivity index is 2.32. The Morgan fingerprint density at radius 3 is 2.78 bits per heavy atom. The molecule has 1 saturated heterocycles. The van der Waals surface area contributed by atoms with Crippen LogP contribution < -0.4 is 10.2 Å². The molecule has 1 aromatic rings. The molecule has 2 heterocycles. The summed E-state index contributed by atoms with van der Waals surface area (Å²) in [5.74, 6) is -0.195. The summed E-state index contributed by atoms with van der Waals surface area (Å²) < 4.78 is 1.78. The maximum Gasteiger partial charge on any atom is 0.247 e. The van der Waals surface area contributed by atoms with Crippen molar-refractivity contribution >= 4 is 17.5 Å². The van der Waals surface area contributed by atoms with Crippen molar-refractivity contribution in [1.82, 2.24) is 15.1 Å². The molecule has 0 aromatic carbocycles. The summed E-state index contributed by atoms with van der Waals surface area (Å²) in [6.45, 7) is 5.97. The lowest BCUT2D eigenvalue weighted by atomic mass is 10.1. The second kappa shape index (κ2) is 4.80. The first kappa shape index (κ1) is 12.6. The number of nitrogens with one attached hydrogen (secondary N) is 1. The number of anilines is 1. The first-order valence-corrected chi connectivity index (χ1v) is 6.18. The van der Waals surface area contributed by atoms with Crippen molar-refractivity contribution in [2.75, 3.05) is 11.4 Å². The summed E-state index contributed by atoms with van der Waals surface area (Å²) in [7, 11) is 0. The van der Waals surface area contributed by atoms with Crippen LogP contribution in [0.25, 0.3) is 0 Å². The molecule has 0 bridgehead atoms. The summed E-state index contributed by atoms with van der Waals surface area (Å²) in [5, 5.41) is 6.81. The smallest absolute Gasteiger partial charge is 0.247 e. The van der Waals surface area contributed by atoms with Crippen LogP contribution in [-0.4, -0.2) is 34.2 Å². The number of carbonyl (C=O) groups is 2. The molecule has 6 heteroatoms. The van der Waals surface area contributed by atoms with Gasteiger partial charge in [-0.25, -0.2) is 0 Å². The quantitative estimate of drug-likeness (QED) is 0.859.